The summed E-state index contributed by atoms with van der Waals surface area (Å²) in [7, 11) is 0. The first-order valence-corrected chi connectivity index (χ1v) is 9.12. The van der Waals surface area contributed by atoms with Gasteiger partial charge >= 0.3 is 5.97 Å². The zero-order valence-electron chi connectivity index (χ0n) is 15.0. The van der Waals surface area contributed by atoms with Crippen molar-refractivity contribution in [1.82, 2.24) is 5.32 Å². The molecule has 0 saturated carbocycles. The monoisotopic (exact) mass is 359 g/mol. The number of esters is 1. The lowest BCUT2D eigenvalue weighted by atomic mass is 9.99. The van der Waals surface area contributed by atoms with E-state index in [2.05, 4.69) is 22.5 Å². The summed E-state index contributed by atoms with van der Waals surface area (Å²) in [5, 5.41) is 5.23. The van der Waals surface area contributed by atoms with Gasteiger partial charge in [0.25, 0.3) is 5.91 Å². The smallest absolute Gasteiger partial charge is 0.329 e. The fraction of sp³-hybridized carbons (Fsp3) is 0.526. The maximum Gasteiger partial charge on any atom is 0.329 e. The predicted octanol–water partition coefficient (Wildman–Crippen LogP) is 1.68. The van der Waals surface area contributed by atoms with E-state index >= 15 is 0 Å². The molecule has 26 heavy (non-hydrogen) atoms. The second-order valence-electron chi connectivity index (χ2n) is 7.03. The van der Waals surface area contributed by atoms with Crippen molar-refractivity contribution in [2.24, 2.45) is 5.92 Å². The average Bonchev–Trinajstić information content (AvgIpc) is 3.08. The molecule has 1 aromatic carbocycles. The van der Waals surface area contributed by atoms with Gasteiger partial charge in [-0.05, 0) is 49.4 Å². The summed E-state index contributed by atoms with van der Waals surface area (Å²) in [6, 6.07) is 7.05. The summed E-state index contributed by atoms with van der Waals surface area (Å²) in [4.78, 5) is 37.1. The van der Waals surface area contributed by atoms with Crippen LogP contribution in [-0.2, 0) is 19.1 Å². The van der Waals surface area contributed by atoms with E-state index in [4.69, 9.17) is 4.74 Å². The van der Waals surface area contributed by atoms with Crippen LogP contribution in [0.4, 0.5) is 11.4 Å². The summed E-state index contributed by atoms with van der Waals surface area (Å²) < 4.78 is 4.96. The minimum absolute atomic E-state index is 0.167. The molecule has 1 atom stereocenters. The highest BCUT2D eigenvalue weighted by Gasteiger charge is 2.28. The number of nitrogens with one attached hydrogen (secondary N) is 2. The Kier molecular flexibility index (Phi) is 5.75. The van der Waals surface area contributed by atoms with Gasteiger partial charge in [-0.3, -0.25) is 9.59 Å². The normalized spacial score (nSPS) is 20.6. The molecule has 0 aliphatic carbocycles. The largest absolute Gasteiger partial charge is 0.454 e. The highest BCUT2D eigenvalue weighted by Crippen LogP contribution is 2.24. The van der Waals surface area contributed by atoms with Crippen LogP contribution in [0.25, 0.3) is 0 Å². The van der Waals surface area contributed by atoms with E-state index in [0.717, 1.165) is 24.7 Å². The van der Waals surface area contributed by atoms with Gasteiger partial charge in [-0.15, -0.1) is 0 Å². The van der Waals surface area contributed by atoms with Crippen molar-refractivity contribution in [2.45, 2.75) is 38.6 Å². The van der Waals surface area contributed by atoms with Crippen LogP contribution in [-0.4, -0.2) is 43.5 Å². The Hall–Kier alpha value is -2.57. The van der Waals surface area contributed by atoms with Gasteiger partial charge in [0.1, 0.15) is 6.04 Å². The number of benzene rings is 1. The molecule has 2 fully saturated rings. The molecule has 2 heterocycles. The first-order valence-electron chi connectivity index (χ1n) is 9.12. The fourth-order valence-corrected chi connectivity index (χ4v) is 3.25. The number of carbonyl (C=O) groups excluding carboxylic acids is 3. The summed E-state index contributed by atoms with van der Waals surface area (Å²) in [6.07, 6.45) is 3.13. The van der Waals surface area contributed by atoms with E-state index in [-0.39, 0.29) is 12.5 Å². The summed E-state index contributed by atoms with van der Waals surface area (Å²) in [6.45, 7) is 4.03. The molecular weight excluding hydrogens is 334 g/mol. The molecule has 7 heteroatoms. The second-order valence-corrected chi connectivity index (χ2v) is 7.03. The highest BCUT2D eigenvalue weighted by molar-refractivity contribution is 5.94. The van der Waals surface area contributed by atoms with E-state index in [9.17, 15) is 14.4 Å². The first kappa shape index (κ1) is 18.2. The van der Waals surface area contributed by atoms with Crippen LogP contribution >= 0.6 is 0 Å². The molecule has 0 radical (unpaired) electrons. The summed E-state index contributed by atoms with van der Waals surface area (Å²) in [5.41, 5.74) is 1.81. The molecule has 0 unspecified atom stereocenters. The predicted molar refractivity (Wildman–Crippen MR) is 97.8 cm³/mol. The van der Waals surface area contributed by atoms with E-state index in [1.807, 2.05) is 24.3 Å². The van der Waals surface area contributed by atoms with Crippen molar-refractivity contribution in [2.75, 3.05) is 29.9 Å². The number of rotatable bonds is 5. The van der Waals surface area contributed by atoms with Crippen LogP contribution in [0.3, 0.4) is 0 Å². The third-order valence-corrected chi connectivity index (χ3v) is 4.93. The van der Waals surface area contributed by atoms with Crippen LogP contribution in [0, 0.1) is 5.92 Å². The number of hydrogen-bond acceptors (Lipinski definition) is 5. The lowest BCUT2D eigenvalue weighted by molar-refractivity contribution is -0.149. The highest BCUT2D eigenvalue weighted by atomic mass is 16.5. The van der Waals surface area contributed by atoms with E-state index < -0.39 is 17.9 Å². The SMILES string of the molecule is CC1CCN(c2ccc(NC(=O)COC(=O)[C@H]3CCC(=O)N3)cc2)CC1. The topological polar surface area (TPSA) is 87.7 Å². The Balaban J connectivity index is 1.44. The summed E-state index contributed by atoms with van der Waals surface area (Å²) >= 11 is 0. The van der Waals surface area contributed by atoms with Crippen LogP contribution in [0.1, 0.15) is 32.6 Å². The van der Waals surface area contributed by atoms with Gasteiger partial charge < -0.3 is 20.3 Å². The minimum atomic E-state index is -0.637. The molecule has 2 aliphatic heterocycles. The van der Waals surface area contributed by atoms with Crippen molar-refractivity contribution in [3.8, 4) is 0 Å². The Morgan fingerprint density at radius 3 is 2.50 bits per heavy atom. The molecule has 0 spiro atoms. The van der Waals surface area contributed by atoms with Crippen molar-refractivity contribution in [3.63, 3.8) is 0 Å². The van der Waals surface area contributed by atoms with Gasteiger partial charge in [-0.1, -0.05) is 6.92 Å². The average molecular weight is 359 g/mol. The van der Waals surface area contributed by atoms with E-state index in [1.165, 1.54) is 12.8 Å². The van der Waals surface area contributed by atoms with Crippen molar-refractivity contribution in [3.05, 3.63) is 24.3 Å². The van der Waals surface area contributed by atoms with Crippen LogP contribution < -0.4 is 15.5 Å². The third-order valence-electron chi connectivity index (χ3n) is 4.93. The van der Waals surface area contributed by atoms with E-state index in [1.54, 1.807) is 0 Å². The number of carbonyl (C=O) groups is 3. The van der Waals surface area contributed by atoms with Crippen molar-refractivity contribution in [1.29, 1.82) is 0 Å². The first-order chi connectivity index (χ1) is 12.5. The Morgan fingerprint density at radius 1 is 1.19 bits per heavy atom. The Labute approximate surface area is 153 Å². The number of nitrogens with zero attached hydrogens (tertiary/aromatic N) is 1. The number of ether oxygens (including phenoxy) is 1. The number of piperidine rings is 1. The number of anilines is 2. The van der Waals surface area contributed by atoms with Gasteiger partial charge in [-0.25, -0.2) is 4.79 Å². The van der Waals surface area contributed by atoms with Crippen LogP contribution in [0.2, 0.25) is 0 Å². The van der Waals surface area contributed by atoms with Crippen molar-refractivity contribution < 1.29 is 19.1 Å². The molecule has 7 nitrogen and oxygen atoms in total. The molecule has 3 rings (SSSR count). The van der Waals surface area contributed by atoms with Crippen molar-refractivity contribution >= 4 is 29.2 Å². The maximum absolute atomic E-state index is 11.9. The number of hydrogen-bond donors (Lipinski definition) is 2. The maximum atomic E-state index is 11.9. The molecule has 2 N–H and O–H groups in total. The molecule has 0 bridgehead atoms. The molecular formula is C19H25N3O4. The van der Waals surface area contributed by atoms with Gasteiger partial charge in [0, 0.05) is 30.9 Å². The molecule has 0 aromatic heterocycles. The lowest BCUT2D eigenvalue weighted by Gasteiger charge is -2.32. The zero-order valence-corrected chi connectivity index (χ0v) is 15.0. The third kappa shape index (κ3) is 4.74. The lowest BCUT2D eigenvalue weighted by Crippen LogP contribution is -2.36. The zero-order chi connectivity index (χ0) is 18.5. The Bertz CT molecular complexity index is 666. The standard InChI is InChI=1S/C19H25N3O4/c1-13-8-10-22(11-9-13)15-4-2-14(3-5-15)20-18(24)12-26-19(25)16-6-7-17(23)21-16/h2-5,13,16H,6-12H2,1H3,(H,20,24)(H,21,23)/t16-/m1/s1. The van der Waals surface area contributed by atoms with Gasteiger partial charge in [-0.2, -0.15) is 0 Å². The second kappa shape index (κ2) is 8.21. The van der Waals surface area contributed by atoms with Gasteiger partial charge in [0.2, 0.25) is 5.91 Å². The molecule has 140 valence electrons. The molecule has 2 saturated heterocycles. The van der Waals surface area contributed by atoms with Crippen LogP contribution in [0.15, 0.2) is 24.3 Å². The fourth-order valence-electron chi connectivity index (χ4n) is 3.25. The number of amides is 2. The molecule has 2 aliphatic rings. The van der Waals surface area contributed by atoms with Crippen LogP contribution in [0.5, 0.6) is 0 Å². The van der Waals surface area contributed by atoms with E-state index in [0.29, 0.717) is 18.5 Å². The Morgan fingerprint density at radius 2 is 1.88 bits per heavy atom. The molecule has 1 aromatic rings. The minimum Gasteiger partial charge on any atom is -0.454 e. The van der Waals surface area contributed by atoms with Gasteiger partial charge in [0.05, 0.1) is 0 Å². The van der Waals surface area contributed by atoms with Gasteiger partial charge in [0.15, 0.2) is 6.61 Å². The molecule has 2 amide bonds. The quantitative estimate of drug-likeness (QED) is 0.781. The summed E-state index contributed by atoms with van der Waals surface area (Å²) in [5.74, 6) is -0.354.